The molecule has 25 heavy (non-hydrogen) atoms. The number of hydrogen-bond acceptors (Lipinski definition) is 5. The van der Waals surface area contributed by atoms with E-state index in [2.05, 4.69) is 10.3 Å². The zero-order valence-corrected chi connectivity index (χ0v) is 14.2. The number of amides is 1. The summed E-state index contributed by atoms with van der Waals surface area (Å²) in [7, 11) is 1.51. The van der Waals surface area contributed by atoms with Crippen molar-refractivity contribution in [2.24, 2.45) is 5.73 Å². The van der Waals surface area contributed by atoms with E-state index in [9.17, 15) is 9.18 Å². The molecule has 0 spiro atoms. The van der Waals surface area contributed by atoms with Crippen molar-refractivity contribution in [1.82, 2.24) is 19.9 Å². The number of carbonyl (C=O) groups is 1. The Balaban J connectivity index is 1.69. The van der Waals surface area contributed by atoms with Gasteiger partial charge in [0.25, 0.3) is 0 Å². The third-order valence-electron chi connectivity index (χ3n) is 4.47. The van der Waals surface area contributed by atoms with Crippen LogP contribution in [0.5, 0.6) is 5.75 Å². The van der Waals surface area contributed by atoms with Crippen molar-refractivity contribution in [3.63, 3.8) is 0 Å². The summed E-state index contributed by atoms with van der Waals surface area (Å²) in [6.45, 7) is 1.59. The summed E-state index contributed by atoms with van der Waals surface area (Å²) in [4.78, 5) is 14.5. The monoisotopic (exact) mass is 347 g/mol. The lowest BCUT2D eigenvalue weighted by Gasteiger charge is -2.32. The highest BCUT2D eigenvalue weighted by atomic mass is 19.1. The second kappa shape index (κ2) is 7.60. The fourth-order valence-corrected chi connectivity index (χ4v) is 3.14. The van der Waals surface area contributed by atoms with Gasteiger partial charge in [0.2, 0.25) is 5.91 Å². The minimum atomic E-state index is -0.378. The number of rotatable bonds is 5. The first kappa shape index (κ1) is 17.3. The van der Waals surface area contributed by atoms with Crippen molar-refractivity contribution in [2.45, 2.75) is 31.8 Å². The van der Waals surface area contributed by atoms with Gasteiger partial charge in [0.05, 0.1) is 31.5 Å². The Hall–Kier alpha value is -2.48. The molecule has 1 aliphatic rings. The molecule has 0 saturated carbocycles. The van der Waals surface area contributed by atoms with E-state index in [-0.39, 0.29) is 24.2 Å². The van der Waals surface area contributed by atoms with Crippen LogP contribution in [-0.2, 0) is 17.8 Å². The zero-order chi connectivity index (χ0) is 17.8. The molecule has 0 radical (unpaired) electrons. The summed E-state index contributed by atoms with van der Waals surface area (Å²) >= 11 is 0. The van der Waals surface area contributed by atoms with Crippen LogP contribution in [-0.4, -0.2) is 46.0 Å². The Labute approximate surface area is 145 Å². The maximum atomic E-state index is 13.5. The largest absolute Gasteiger partial charge is 0.496 e. The van der Waals surface area contributed by atoms with Gasteiger partial charge in [0.15, 0.2) is 0 Å². The highest BCUT2D eigenvalue weighted by Gasteiger charge is 2.26. The van der Waals surface area contributed by atoms with Crippen molar-refractivity contribution in [3.8, 4) is 5.75 Å². The molecular formula is C17H22FN5O2. The first-order valence-corrected chi connectivity index (χ1v) is 8.31. The van der Waals surface area contributed by atoms with E-state index in [4.69, 9.17) is 10.5 Å². The molecule has 2 aromatic rings. The Kier molecular flexibility index (Phi) is 5.28. The summed E-state index contributed by atoms with van der Waals surface area (Å²) < 4.78 is 20.5. The number of piperidine rings is 1. The molecular weight excluding hydrogens is 325 g/mol. The molecule has 1 aliphatic heterocycles. The van der Waals surface area contributed by atoms with Gasteiger partial charge in [-0.1, -0.05) is 5.21 Å². The first-order chi connectivity index (χ1) is 12.1. The molecule has 134 valence electrons. The van der Waals surface area contributed by atoms with Crippen molar-refractivity contribution in [2.75, 3.05) is 20.2 Å². The van der Waals surface area contributed by atoms with Crippen LogP contribution in [0, 0.1) is 5.82 Å². The maximum absolute atomic E-state index is 13.5. The quantitative estimate of drug-likeness (QED) is 0.881. The number of nitrogens with two attached hydrogens (primary N) is 1. The lowest BCUT2D eigenvalue weighted by atomic mass is 10.0. The third kappa shape index (κ3) is 3.96. The fraction of sp³-hybridized carbons (Fsp3) is 0.471. The number of carbonyl (C=O) groups excluding carboxylic acids is 1. The average Bonchev–Trinajstić information content (AvgIpc) is 3.11. The zero-order valence-electron chi connectivity index (χ0n) is 14.2. The van der Waals surface area contributed by atoms with E-state index in [1.54, 1.807) is 15.6 Å². The van der Waals surface area contributed by atoms with Gasteiger partial charge in [0, 0.05) is 25.2 Å². The molecule has 3 rings (SSSR count). The van der Waals surface area contributed by atoms with E-state index < -0.39 is 0 Å². The Morgan fingerprint density at radius 1 is 1.48 bits per heavy atom. The summed E-state index contributed by atoms with van der Waals surface area (Å²) in [5.41, 5.74) is 6.86. The average molecular weight is 347 g/mol. The highest BCUT2D eigenvalue weighted by molar-refractivity contribution is 5.79. The van der Waals surface area contributed by atoms with Crippen LogP contribution in [0.25, 0.3) is 0 Å². The van der Waals surface area contributed by atoms with Crippen LogP contribution in [0.1, 0.15) is 30.1 Å². The molecule has 2 heterocycles. The summed E-state index contributed by atoms with van der Waals surface area (Å²) in [6.07, 6.45) is 3.75. The molecule has 1 aromatic heterocycles. The predicted octanol–water partition coefficient (Wildman–Crippen LogP) is 1.29. The second-order valence-electron chi connectivity index (χ2n) is 6.16. The standard InChI is InChI=1S/C17H22FN5O2/c1-25-16-5-4-13(18)7-12(16)8-17(24)22-6-2-3-15(11-22)23-10-14(9-19)20-21-23/h4-5,7,10,15H,2-3,6,8-9,11,19H2,1H3. The van der Waals surface area contributed by atoms with Gasteiger partial charge in [0.1, 0.15) is 11.6 Å². The van der Waals surface area contributed by atoms with Crippen molar-refractivity contribution in [1.29, 1.82) is 0 Å². The minimum Gasteiger partial charge on any atom is -0.496 e. The highest BCUT2D eigenvalue weighted by Crippen LogP contribution is 2.24. The van der Waals surface area contributed by atoms with Crippen LogP contribution in [0.2, 0.25) is 0 Å². The van der Waals surface area contributed by atoms with E-state index in [0.717, 1.165) is 18.5 Å². The molecule has 2 N–H and O–H groups in total. The summed E-state index contributed by atoms with van der Waals surface area (Å²) in [5, 5.41) is 8.11. The minimum absolute atomic E-state index is 0.0484. The predicted molar refractivity (Wildman–Crippen MR) is 89.4 cm³/mol. The fourth-order valence-electron chi connectivity index (χ4n) is 3.14. The SMILES string of the molecule is COc1ccc(F)cc1CC(=O)N1CCCC(n2cc(CN)nn2)C1. The molecule has 1 fully saturated rings. The molecule has 0 aliphatic carbocycles. The number of benzene rings is 1. The number of likely N-dealkylation sites (tertiary alicyclic amines) is 1. The van der Waals surface area contributed by atoms with E-state index >= 15 is 0 Å². The van der Waals surface area contributed by atoms with Gasteiger partial charge < -0.3 is 15.4 Å². The summed E-state index contributed by atoms with van der Waals surface area (Å²) in [6, 6.07) is 4.30. The molecule has 1 saturated heterocycles. The molecule has 7 nitrogen and oxygen atoms in total. The van der Waals surface area contributed by atoms with E-state index in [1.165, 1.54) is 19.2 Å². The Morgan fingerprint density at radius 3 is 3.04 bits per heavy atom. The number of halogens is 1. The van der Waals surface area contributed by atoms with Crippen molar-refractivity contribution < 1.29 is 13.9 Å². The number of methoxy groups -OCH3 is 1. The van der Waals surface area contributed by atoms with Gasteiger partial charge >= 0.3 is 0 Å². The molecule has 1 amide bonds. The molecule has 1 unspecified atom stereocenters. The van der Waals surface area contributed by atoms with Crippen LogP contribution in [0.3, 0.4) is 0 Å². The van der Waals surface area contributed by atoms with Gasteiger partial charge in [-0.05, 0) is 31.0 Å². The van der Waals surface area contributed by atoms with Crippen LogP contribution in [0.15, 0.2) is 24.4 Å². The number of aromatic nitrogens is 3. The van der Waals surface area contributed by atoms with Crippen molar-refractivity contribution >= 4 is 5.91 Å². The van der Waals surface area contributed by atoms with Gasteiger partial charge in [-0.25, -0.2) is 9.07 Å². The summed E-state index contributed by atoms with van der Waals surface area (Å²) in [5.74, 6) is 0.0944. The normalized spacial score (nSPS) is 17.6. The van der Waals surface area contributed by atoms with Crippen LogP contribution in [0.4, 0.5) is 4.39 Å². The Morgan fingerprint density at radius 2 is 2.32 bits per heavy atom. The van der Waals surface area contributed by atoms with Gasteiger partial charge in [-0.2, -0.15) is 0 Å². The van der Waals surface area contributed by atoms with E-state index in [1.807, 2.05) is 6.20 Å². The van der Waals surface area contributed by atoms with Crippen LogP contribution < -0.4 is 10.5 Å². The molecule has 8 heteroatoms. The van der Waals surface area contributed by atoms with Gasteiger partial charge in [-0.15, -0.1) is 5.10 Å². The smallest absolute Gasteiger partial charge is 0.227 e. The second-order valence-corrected chi connectivity index (χ2v) is 6.16. The lowest BCUT2D eigenvalue weighted by Crippen LogP contribution is -2.41. The van der Waals surface area contributed by atoms with Gasteiger partial charge in [-0.3, -0.25) is 4.79 Å². The molecule has 1 atom stereocenters. The topological polar surface area (TPSA) is 86.3 Å². The van der Waals surface area contributed by atoms with Crippen LogP contribution >= 0.6 is 0 Å². The molecule has 1 aromatic carbocycles. The van der Waals surface area contributed by atoms with Crippen molar-refractivity contribution in [3.05, 3.63) is 41.5 Å². The lowest BCUT2D eigenvalue weighted by molar-refractivity contribution is -0.132. The molecule has 0 bridgehead atoms. The third-order valence-corrected chi connectivity index (χ3v) is 4.47. The Bertz CT molecular complexity index is 748. The number of ether oxygens (including phenoxy) is 1. The number of hydrogen-bond donors (Lipinski definition) is 1. The first-order valence-electron chi connectivity index (χ1n) is 8.31. The number of nitrogens with zero attached hydrogens (tertiary/aromatic N) is 4. The van der Waals surface area contributed by atoms with E-state index in [0.29, 0.717) is 30.9 Å². The maximum Gasteiger partial charge on any atom is 0.227 e.